The summed E-state index contributed by atoms with van der Waals surface area (Å²) < 4.78 is 5.40. The topological polar surface area (TPSA) is 38.5 Å². The Morgan fingerprint density at radius 2 is 2.05 bits per heavy atom. The highest BCUT2D eigenvalue weighted by atomic mass is 35.5. The Kier molecular flexibility index (Phi) is 5.48. The Balaban J connectivity index is 2.14. The molecule has 1 aromatic rings. The van der Waals surface area contributed by atoms with Gasteiger partial charge in [-0.2, -0.15) is 0 Å². The summed E-state index contributed by atoms with van der Waals surface area (Å²) in [5.41, 5.74) is 6.97. The van der Waals surface area contributed by atoms with E-state index in [1.807, 2.05) is 12.1 Å². The van der Waals surface area contributed by atoms with E-state index in [9.17, 15) is 0 Å². The summed E-state index contributed by atoms with van der Waals surface area (Å²) in [5, 5.41) is 1.21. The van der Waals surface area contributed by atoms with Crippen molar-refractivity contribution < 1.29 is 4.74 Å². The minimum absolute atomic E-state index is 0.129. The Bertz CT molecular complexity index is 420. The van der Waals surface area contributed by atoms with Crippen LogP contribution in [0.3, 0.4) is 0 Å². The number of nitrogens with zero attached hydrogens (tertiary/aromatic N) is 1. The van der Waals surface area contributed by atoms with Gasteiger partial charge in [-0.15, -0.1) is 0 Å². The number of piperidine rings is 1. The average Bonchev–Trinajstić information content (AvgIpc) is 2.45. The van der Waals surface area contributed by atoms with E-state index in [1.54, 1.807) is 13.2 Å². The standard InChI is InChI=1S/C14H20Cl2N2O/c1-19-10-5-7-18(8-6-10)13(9-17)11-3-2-4-12(15)14(11)16/h2-4,10,13H,5-9,17H2,1H3. The van der Waals surface area contributed by atoms with E-state index in [0.29, 0.717) is 22.7 Å². The molecule has 0 amide bonds. The summed E-state index contributed by atoms with van der Waals surface area (Å²) in [6.07, 6.45) is 2.43. The van der Waals surface area contributed by atoms with Crippen molar-refractivity contribution in [2.75, 3.05) is 26.7 Å². The second-order valence-electron chi connectivity index (χ2n) is 4.87. The van der Waals surface area contributed by atoms with Crippen LogP contribution in [0.5, 0.6) is 0 Å². The quantitative estimate of drug-likeness (QED) is 0.929. The Morgan fingerprint density at radius 1 is 1.37 bits per heavy atom. The molecule has 3 nitrogen and oxygen atoms in total. The van der Waals surface area contributed by atoms with Crippen LogP contribution < -0.4 is 5.73 Å². The smallest absolute Gasteiger partial charge is 0.0640 e. The van der Waals surface area contributed by atoms with E-state index in [2.05, 4.69) is 4.90 Å². The molecule has 1 saturated heterocycles. The van der Waals surface area contributed by atoms with Gasteiger partial charge >= 0.3 is 0 Å². The fourth-order valence-corrected chi connectivity index (χ4v) is 3.11. The van der Waals surface area contributed by atoms with Crippen LogP contribution >= 0.6 is 23.2 Å². The van der Waals surface area contributed by atoms with Gasteiger partial charge in [0.05, 0.1) is 16.1 Å². The molecule has 0 radical (unpaired) electrons. The van der Waals surface area contributed by atoms with Crippen molar-refractivity contribution >= 4 is 23.2 Å². The fourth-order valence-electron chi connectivity index (χ4n) is 2.67. The number of ether oxygens (including phenoxy) is 1. The molecule has 0 aromatic heterocycles. The number of likely N-dealkylation sites (tertiary alicyclic amines) is 1. The van der Waals surface area contributed by atoms with Crippen LogP contribution in [0.15, 0.2) is 18.2 Å². The third-order valence-corrected chi connectivity index (χ3v) is 4.65. The van der Waals surface area contributed by atoms with E-state index in [-0.39, 0.29) is 6.04 Å². The van der Waals surface area contributed by atoms with Crippen LogP contribution in [0.4, 0.5) is 0 Å². The van der Waals surface area contributed by atoms with Gasteiger partial charge in [0, 0.05) is 32.8 Å². The predicted molar refractivity (Wildman–Crippen MR) is 79.9 cm³/mol. The van der Waals surface area contributed by atoms with Crippen molar-refractivity contribution in [3.05, 3.63) is 33.8 Å². The highest BCUT2D eigenvalue weighted by Gasteiger charge is 2.26. The Morgan fingerprint density at radius 3 is 2.63 bits per heavy atom. The minimum Gasteiger partial charge on any atom is -0.381 e. The van der Waals surface area contributed by atoms with Crippen molar-refractivity contribution in [2.24, 2.45) is 5.73 Å². The highest BCUT2D eigenvalue weighted by Crippen LogP contribution is 2.33. The Labute approximate surface area is 124 Å². The zero-order chi connectivity index (χ0) is 13.8. The van der Waals surface area contributed by atoms with Crippen molar-refractivity contribution in [2.45, 2.75) is 25.0 Å². The predicted octanol–water partition coefficient (Wildman–Crippen LogP) is 3.10. The third-order valence-electron chi connectivity index (χ3n) is 3.81. The number of rotatable bonds is 4. The lowest BCUT2D eigenvalue weighted by Gasteiger charge is -2.37. The van der Waals surface area contributed by atoms with Gasteiger partial charge in [0.2, 0.25) is 0 Å². The molecule has 0 aliphatic carbocycles. The van der Waals surface area contributed by atoms with Gasteiger partial charge in [-0.25, -0.2) is 0 Å². The van der Waals surface area contributed by atoms with Gasteiger partial charge in [0.25, 0.3) is 0 Å². The van der Waals surface area contributed by atoms with E-state index < -0.39 is 0 Å². The lowest BCUT2D eigenvalue weighted by Crippen LogP contribution is -2.41. The molecule has 0 spiro atoms. The Hall–Kier alpha value is -0.320. The largest absolute Gasteiger partial charge is 0.381 e. The molecule has 1 atom stereocenters. The van der Waals surface area contributed by atoms with E-state index in [4.69, 9.17) is 33.7 Å². The first-order valence-corrected chi connectivity index (χ1v) is 7.33. The maximum absolute atomic E-state index is 6.30. The van der Waals surface area contributed by atoms with Crippen LogP contribution in [0, 0.1) is 0 Å². The molecule has 1 fully saturated rings. The molecule has 1 unspecified atom stereocenters. The molecule has 2 rings (SSSR count). The maximum atomic E-state index is 6.30. The number of methoxy groups -OCH3 is 1. The molecular weight excluding hydrogens is 283 g/mol. The number of benzene rings is 1. The third kappa shape index (κ3) is 3.41. The van der Waals surface area contributed by atoms with Crippen LogP contribution in [0.25, 0.3) is 0 Å². The summed E-state index contributed by atoms with van der Waals surface area (Å²) >= 11 is 12.4. The number of hydrogen-bond donors (Lipinski definition) is 1. The average molecular weight is 303 g/mol. The molecule has 106 valence electrons. The zero-order valence-corrected chi connectivity index (χ0v) is 12.6. The van der Waals surface area contributed by atoms with Crippen LogP contribution in [-0.4, -0.2) is 37.7 Å². The monoisotopic (exact) mass is 302 g/mol. The minimum atomic E-state index is 0.129. The van der Waals surface area contributed by atoms with Crippen molar-refractivity contribution in [1.29, 1.82) is 0 Å². The highest BCUT2D eigenvalue weighted by molar-refractivity contribution is 6.42. The van der Waals surface area contributed by atoms with Gasteiger partial charge < -0.3 is 10.5 Å². The number of nitrogens with two attached hydrogens (primary N) is 1. The van der Waals surface area contributed by atoms with Crippen LogP contribution in [0.1, 0.15) is 24.4 Å². The van der Waals surface area contributed by atoms with Gasteiger partial charge in [0.15, 0.2) is 0 Å². The first-order chi connectivity index (χ1) is 9.17. The summed E-state index contributed by atoms with van der Waals surface area (Å²) in [4.78, 5) is 2.37. The molecule has 0 saturated carbocycles. The van der Waals surface area contributed by atoms with Gasteiger partial charge in [-0.05, 0) is 24.5 Å². The normalized spacial score (nSPS) is 19.6. The van der Waals surface area contributed by atoms with Gasteiger partial charge in [-0.3, -0.25) is 4.90 Å². The lowest BCUT2D eigenvalue weighted by molar-refractivity contribution is 0.0280. The molecule has 1 aliphatic rings. The fraction of sp³-hybridized carbons (Fsp3) is 0.571. The second-order valence-corrected chi connectivity index (χ2v) is 5.65. The van der Waals surface area contributed by atoms with E-state index in [1.165, 1.54) is 0 Å². The first-order valence-electron chi connectivity index (χ1n) is 6.58. The van der Waals surface area contributed by atoms with Crippen molar-refractivity contribution in [1.82, 2.24) is 4.90 Å². The summed E-state index contributed by atoms with van der Waals surface area (Å²) in [6.45, 7) is 2.49. The summed E-state index contributed by atoms with van der Waals surface area (Å²) in [5.74, 6) is 0. The molecule has 0 bridgehead atoms. The zero-order valence-electron chi connectivity index (χ0n) is 11.1. The molecule has 1 aromatic carbocycles. The lowest BCUT2D eigenvalue weighted by atomic mass is 10.0. The summed E-state index contributed by atoms with van der Waals surface area (Å²) in [7, 11) is 1.77. The molecule has 1 aliphatic heterocycles. The summed E-state index contributed by atoms with van der Waals surface area (Å²) in [6, 6.07) is 5.87. The van der Waals surface area contributed by atoms with Crippen molar-refractivity contribution in [3.8, 4) is 0 Å². The van der Waals surface area contributed by atoms with E-state index >= 15 is 0 Å². The first kappa shape index (κ1) is 15.1. The molecule has 5 heteroatoms. The number of halogens is 2. The van der Waals surface area contributed by atoms with Crippen molar-refractivity contribution in [3.63, 3.8) is 0 Å². The van der Waals surface area contributed by atoms with Crippen LogP contribution in [-0.2, 0) is 4.74 Å². The molecule has 2 N–H and O–H groups in total. The molecule has 19 heavy (non-hydrogen) atoms. The maximum Gasteiger partial charge on any atom is 0.0640 e. The molecular formula is C14H20Cl2N2O. The van der Waals surface area contributed by atoms with Gasteiger partial charge in [-0.1, -0.05) is 35.3 Å². The molecule has 1 heterocycles. The number of hydrogen-bond acceptors (Lipinski definition) is 3. The van der Waals surface area contributed by atoms with Crippen LogP contribution in [0.2, 0.25) is 10.0 Å². The van der Waals surface area contributed by atoms with E-state index in [0.717, 1.165) is 31.5 Å². The van der Waals surface area contributed by atoms with Gasteiger partial charge in [0.1, 0.15) is 0 Å². The second kappa shape index (κ2) is 6.91. The SMILES string of the molecule is COC1CCN(C(CN)c2cccc(Cl)c2Cl)CC1.